The van der Waals surface area contributed by atoms with Crippen LogP contribution < -0.4 is 5.32 Å². The van der Waals surface area contributed by atoms with Gasteiger partial charge in [-0.3, -0.25) is 4.79 Å². The summed E-state index contributed by atoms with van der Waals surface area (Å²) in [5.41, 5.74) is 3.00. The predicted octanol–water partition coefficient (Wildman–Crippen LogP) is 4.50. The van der Waals surface area contributed by atoms with Crippen molar-refractivity contribution in [1.29, 1.82) is 0 Å². The van der Waals surface area contributed by atoms with Crippen molar-refractivity contribution in [1.82, 2.24) is 4.98 Å². The van der Waals surface area contributed by atoms with E-state index in [9.17, 15) is 4.79 Å². The van der Waals surface area contributed by atoms with Crippen molar-refractivity contribution in [2.45, 2.75) is 13.8 Å². The summed E-state index contributed by atoms with van der Waals surface area (Å²) in [5.74, 6) is -0.118. The Hall–Kier alpha value is -2.33. The number of fused-ring (bicyclic) bond motifs is 1. The van der Waals surface area contributed by atoms with E-state index in [4.69, 9.17) is 0 Å². The Morgan fingerprint density at radius 3 is 2.81 bits per heavy atom. The van der Waals surface area contributed by atoms with Crippen LogP contribution in [0.2, 0.25) is 0 Å². The molecule has 2 heterocycles. The van der Waals surface area contributed by atoms with E-state index >= 15 is 0 Å². The highest BCUT2D eigenvalue weighted by Gasteiger charge is 2.02. The number of aromatic nitrogens is 1. The molecule has 21 heavy (non-hydrogen) atoms. The van der Waals surface area contributed by atoms with Gasteiger partial charge in [0.05, 0.1) is 0 Å². The van der Waals surface area contributed by atoms with E-state index in [1.807, 2.05) is 43.3 Å². The molecule has 1 amide bonds. The van der Waals surface area contributed by atoms with Crippen molar-refractivity contribution >= 4 is 39.9 Å². The number of hydrogen-bond acceptors (Lipinski definition) is 2. The monoisotopic (exact) mass is 296 g/mol. The van der Waals surface area contributed by atoms with Crippen molar-refractivity contribution in [3.05, 3.63) is 57.9 Å². The molecule has 4 heteroatoms. The molecule has 0 aliphatic heterocycles. The maximum atomic E-state index is 11.9. The lowest BCUT2D eigenvalue weighted by Gasteiger charge is -2.01. The van der Waals surface area contributed by atoms with Gasteiger partial charge in [0.25, 0.3) is 0 Å². The standard InChI is InChI=1S/C17H16N2OS/c1-11-9-13-10-14(4-7-16(13)18-11)19-17(20)8-6-15-5-3-12(2)21-15/h3-10,18H,1-2H3,(H,19,20)/b8-6+. The van der Waals surface area contributed by atoms with Gasteiger partial charge in [-0.15, -0.1) is 11.3 Å². The molecule has 3 aromatic rings. The van der Waals surface area contributed by atoms with E-state index in [0.29, 0.717) is 0 Å². The minimum atomic E-state index is -0.118. The second-order valence-electron chi connectivity index (χ2n) is 5.03. The number of aromatic amines is 1. The van der Waals surface area contributed by atoms with Gasteiger partial charge in [0, 0.05) is 38.1 Å². The van der Waals surface area contributed by atoms with Crippen molar-refractivity contribution < 1.29 is 4.79 Å². The highest BCUT2D eigenvalue weighted by Crippen LogP contribution is 2.20. The van der Waals surface area contributed by atoms with Gasteiger partial charge < -0.3 is 10.3 Å². The number of rotatable bonds is 3. The van der Waals surface area contributed by atoms with Crippen molar-refractivity contribution in [2.75, 3.05) is 5.32 Å². The van der Waals surface area contributed by atoms with Gasteiger partial charge in [0.1, 0.15) is 0 Å². The zero-order valence-corrected chi connectivity index (χ0v) is 12.8. The largest absolute Gasteiger partial charge is 0.359 e. The molecule has 1 aromatic carbocycles. The van der Waals surface area contributed by atoms with Crippen LogP contribution in [0.3, 0.4) is 0 Å². The van der Waals surface area contributed by atoms with Crippen molar-refractivity contribution in [3.8, 4) is 0 Å². The predicted molar refractivity (Wildman–Crippen MR) is 89.8 cm³/mol. The fraction of sp³-hybridized carbons (Fsp3) is 0.118. The van der Waals surface area contributed by atoms with Crippen LogP contribution in [0.15, 0.2) is 42.5 Å². The molecule has 3 rings (SSSR count). The first kappa shape index (κ1) is 13.6. The highest BCUT2D eigenvalue weighted by atomic mass is 32.1. The Bertz CT molecular complexity index is 826. The van der Waals surface area contributed by atoms with Crippen LogP contribution in [0.1, 0.15) is 15.4 Å². The zero-order valence-electron chi connectivity index (χ0n) is 11.9. The van der Waals surface area contributed by atoms with E-state index in [1.54, 1.807) is 17.4 Å². The number of anilines is 1. The van der Waals surface area contributed by atoms with E-state index in [1.165, 1.54) is 4.88 Å². The van der Waals surface area contributed by atoms with Crippen LogP contribution in [-0.2, 0) is 4.79 Å². The van der Waals surface area contributed by atoms with Gasteiger partial charge in [-0.25, -0.2) is 0 Å². The minimum absolute atomic E-state index is 0.118. The number of benzene rings is 1. The lowest BCUT2D eigenvalue weighted by molar-refractivity contribution is -0.111. The number of amides is 1. The Kier molecular flexibility index (Phi) is 3.62. The number of thiophene rings is 1. The average molecular weight is 296 g/mol. The molecule has 0 saturated carbocycles. The zero-order chi connectivity index (χ0) is 14.8. The Labute approximate surface area is 127 Å². The third-order valence-electron chi connectivity index (χ3n) is 3.18. The van der Waals surface area contributed by atoms with Crippen LogP contribution >= 0.6 is 11.3 Å². The normalized spacial score (nSPS) is 11.3. The molecular weight excluding hydrogens is 280 g/mol. The molecule has 0 radical (unpaired) electrons. The Balaban J connectivity index is 1.72. The molecule has 3 nitrogen and oxygen atoms in total. The van der Waals surface area contributed by atoms with E-state index in [2.05, 4.69) is 23.3 Å². The molecular formula is C17H16N2OS. The number of nitrogens with one attached hydrogen (secondary N) is 2. The molecule has 0 fully saturated rings. The molecule has 0 unspecified atom stereocenters. The molecule has 0 aliphatic carbocycles. The summed E-state index contributed by atoms with van der Waals surface area (Å²) in [5, 5.41) is 3.99. The summed E-state index contributed by atoms with van der Waals surface area (Å²) < 4.78 is 0. The van der Waals surface area contributed by atoms with E-state index < -0.39 is 0 Å². The van der Waals surface area contributed by atoms with Gasteiger partial charge in [-0.2, -0.15) is 0 Å². The number of carbonyl (C=O) groups excluding carboxylic acids is 1. The number of H-pyrrole nitrogens is 1. The first-order valence-corrected chi connectivity index (χ1v) is 7.57. The van der Waals surface area contributed by atoms with Crippen LogP contribution in [0.5, 0.6) is 0 Å². The van der Waals surface area contributed by atoms with Crippen LogP contribution in [0, 0.1) is 13.8 Å². The summed E-state index contributed by atoms with van der Waals surface area (Å²) >= 11 is 1.67. The quantitative estimate of drug-likeness (QED) is 0.687. The van der Waals surface area contributed by atoms with E-state index in [-0.39, 0.29) is 5.91 Å². The molecule has 0 bridgehead atoms. The summed E-state index contributed by atoms with van der Waals surface area (Å²) in [6.45, 7) is 4.07. The molecule has 2 N–H and O–H groups in total. The molecule has 2 aromatic heterocycles. The van der Waals surface area contributed by atoms with Crippen molar-refractivity contribution in [2.24, 2.45) is 0 Å². The van der Waals surface area contributed by atoms with Gasteiger partial charge in [-0.1, -0.05) is 0 Å². The van der Waals surface area contributed by atoms with E-state index in [0.717, 1.165) is 27.2 Å². The Morgan fingerprint density at radius 1 is 1.19 bits per heavy atom. The van der Waals surface area contributed by atoms with Crippen LogP contribution in [0.25, 0.3) is 17.0 Å². The highest BCUT2D eigenvalue weighted by molar-refractivity contribution is 7.12. The lowest BCUT2D eigenvalue weighted by atomic mass is 10.2. The summed E-state index contributed by atoms with van der Waals surface area (Å²) in [7, 11) is 0. The summed E-state index contributed by atoms with van der Waals surface area (Å²) in [4.78, 5) is 17.5. The Morgan fingerprint density at radius 2 is 2.05 bits per heavy atom. The fourth-order valence-corrected chi connectivity index (χ4v) is 3.02. The van der Waals surface area contributed by atoms with Gasteiger partial charge in [0.15, 0.2) is 0 Å². The first-order valence-electron chi connectivity index (χ1n) is 6.75. The maximum Gasteiger partial charge on any atom is 0.248 e. The maximum absolute atomic E-state index is 11.9. The smallest absolute Gasteiger partial charge is 0.248 e. The van der Waals surface area contributed by atoms with Gasteiger partial charge in [-0.05, 0) is 56.3 Å². The van der Waals surface area contributed by atoms with Gasteiger partial charge in [0.2, 0.25) is 5.91 Å². The van der Waals surface area contributed by atoms with Gasteiger partial charge >= 0.3 is 0 Å². The van der Waals surface area contributed by atoms with Crippen molar-refractivity contribution in [3.63, 3.8) is 0 Å². The topological polar surface area (TPSA) is 44.9 Å². The summed E-state index contributed by atoms with van der Waals surface area (Å²) in [6.07, 6.45) is 3.41. The molecule has 0 spiro atoms. The second-order valence-corrected chi connectivity index (χ2v) is 6.34. The molecule has 106 valence electrons. The summed E-state index contributed by atoms with van der Waals surface area (Å²) in [6, 6.07) is 12.0. The lowest BCUT2D eigenvalue weighted by Crippen LogP contribution is -2.07. The first-order chi connectivity index (χ1) is 10.1. The molecule has 0 aliphatic rings. The average Bonchev–Trinajstić information content (AvgIpc) is 3.01. The van der Waals surface area contributed by atoms with Crippen LogP contribution in [-0.4, -0.2) is 10.9 Å². The molecule has 0 atom stereocenters. The third-order valence-corrected chi connectivity index (χ3v) is 4.15. The number of carbonyl (C=O) groups is 1. The number of hydrogen-bond donors (Lipinski definition) is 2. The van der Waals surface area contributed by atoms with Crippen LogP contribution in [0.4, 0.5) is 5.69 Å². The second kappa shape index (κ2) is 5.58. The minimum Gasteiger partial charge on any atom is -0.359 e. The SMILES string of the molecule is Cc1cc2cc(NC(=O)/C=C/c3ccc(C)s3)ccc2[nH]1. The molecule has 0 saturated heterocycles. The fourth-order valence-electron chi connectivity index (χ4n) is 2.24. The third kappa shape index (κ3) is 3.23. The number of aryl methyl sites for hydroxylation is 2.